The van der Waals surface area contributed by atoms with Crippen molar-refractivity contribution in [1.29, 1.82) is 0 Å². The van der Waals surface area contributed by atoms with E-state index in [2.05, 4.69) is 24.2 Å². The summed E-state index contributed by atoms with van der Waals surface area (Å²) < 4.78 is 0. The van der Waals surface area contributed by atoms with Gasteiger partial charge in [-0.3, -0.25) is 0 Å². The van der Waals surface area contributed by atoms with Crippen LogP contribution in [0.25, 0.3) is 0 Å². The molecule has 18 heavy (non-hydrogen) atoms. The van der Waals surface area contributed by atoms with Crippen LogP contribution in [0, 0.1) is 5.92 Å². The van der Waals surface area contributed by atoms with E-state index in [1.165, 1.54) is 44.9 Å². The Labute approximate surface area is 112 Å². The highest BCUT2D eigenvalue weighted by atomic mass is 16.3. The molecule has 0 bridgehead atoms. The molecule has 2 aliphatic rings. The van der Waals surface area contributed by atoms with E-state index in [0.717, 1.165) is 19.1 Å². The summed E-state index contributed by atoms with van der Waals surface area (Å²) in [6.07, 6.45) is 9.42. The SMILES string of the molecule is CCNC(CO)(CN(C)C1CCCCC1)C1CC1. The first kappa shape index (κ1) is 14.3. The van der Waals surface area contributed by atoms with E-state index in [-0.39, 0.29) is 12.1 Å². The summed E-state index contributed by atoms with van der Waals surface area (Å²) in [4.78, 5) is 2.51. The van der Waals surface area contributed by atoms with Crippen molar-refractivity contribution in [1.82, 2.24) is 10.2 Å². The van der Waals surface area contributed by atoms with E-state index in [1.807, 2.05) is 0 Å². The second-order valence-corrected chi connectivity index (χ2v) is 6.33. The molecule has 0 heterocycles. The van der Waals surface area contributed by atoms with Crippen molar-refractivity contribution in [2.75, 3.05) is 26.7 Å². The third-order valence-corrected chi connectivity index (χ3v) is 4.90. The van der Waals surface area contributed by atoms with Gasteiger partial charge in [0.25, 0.3) is 0 Å². The van der Waals surface area contributed by atoms with Gasteiger partial charge < -0.3 is 15.3 Å². The number of hydrogen-bond donors (Lipinski definition) is 2. The Morgan fingerprint density at radius 1 is 1.17 bits per heavy atom. The molecule has 3 heteroatoms. The smallest absolute Gasteiger partial charge is 0.0628 e. The summed E-state index contributed by atoms with van der Waals surface area (Å²) in [5.41, 5.74) is -0.0407. The molecule has 0 aliphatic heterocycles. The number of rotatable bonds is 7. The maximum Gasteiger partial charge on any atom is 0.0628 e. The third-order valence-electron chi connectivity index (χ3n) is 4.90. The van der Waals surface area contributed by atoms with E-state index in [9.17, 15) is 5.11 Å². The number of nitrogens with one attached hydrogen (secondary N) is 1. The van der Waals surface area contributed by atoms with Crippen LogP contribution in [0.15, 0.2) is 0 Å². The first-order valence-corrected chi connectivity index (χ1v) is 7.78. The van der Waals surface area contributed by atoms with Crippen LogP contribution in [0.1, 0.15) is 51.9 Å². The first-order valence-electron chi connectivity index (χ1n) is 7.78. The Morgan fingerprint density at radius 3 is 2.33 bits per heavy atom. The molecule has 2 saturated carbocycles. The molecule has 1 unspecified atom stereocenters. The summed E-state index contributed by atoms with van der Waals surface area (Å²) in [5, 5.41) is 13.5. The van der Waals surface area contributed by atoms with Crippen LogP contribution in [0.4, 0.5) is 0 Å². The zero-order valence-corrected chi connectivity index (χ0v) is 12.1. The van der Waals surface area contributed by atoms with Crippen molar-refractivity contribution in [3.05, 3.63) is 0 Å². The molecule has 0 radical (unpaired) electrons. The number of aliphatic hydroxyl groups is 1. The van der Waals surface area contributed by atoms with E-state index < -0.39 is 0 Å². The largest absolute Gasteiger partial charge is 0.394 e. The average molecular weight is 254 g/mol. The van der Waals surface area contributed by atoms with Gasteiger partial charge in [0.15, 0.2) is 0 Å². The minimum Gasteiger partial charge on any atom is -0.394 e. The van der Waals surface area contributed by atoms with E-state index >= 15 is 0 Å². The normalized spacial score (nSPS) is 25.3. The minimum atomic E-state index is -0.0407. The molecule has 0 spiro atoms. The van der Waals surface area contributed by atoms with Gasteiger partial charge in [0.1, 0.15) is 0 Å². The van der Waals surface area contributed by atoms with Crippen molar-refractivity contribution >= 4 is 0 Å². The zero-order chi connectivity index (χ0) is 13.0. The fourth-order valence-corrected chi connectivity index (χ4v) is 3.65. The average Bonchev–Trinajstić information content (AvgIpc) is 3.24. The predicted octanol–water partition coefficient (Wildman–Crippen LogP) is 2.00. The third kappa shape index (κ3) is 3.25. The highest BCUT2D eigenvalue weighted by Gasteiger charge is 2.45. The van der Waals surface area contributed by atoms with Crippen molar-refractivity contribution < 1.29 is 5.11 Å². The lowest BCUT2D eigenvalue weighted by Gasteiger charge is -2.41. The van der Waals surface area contributed by atoms with Gasteiger partial charge in [-0.05, 0) is 45.2 Å². The molecule has 0 saturated heterocycles. The zero-order valence-electron chi connectivity index (χ0n) is 12.1. The minimum absolute atomic E-state index is 0.0407. The molecule has 0 aromatic heterocycles. The van der Waals surface area contributed by atoms with Crippen LogP contribution in [-0.2, 0) is 0 Å². The van der Waals surface area contributed by atoms with Gasteiger partial charge in [0.2, 0.25) is 0 Å². The van der Waals surface area contributed by atoms with Gasteiger partial charge in [-0.15, -0.1) is 0 Å². The quantitative estimate of drug-likeness (QED) is 0.729. The highest BCUT2D eigenvalue weighted by molar-refractivity contribution is 5.03. The van der Waals surface area contributed by atoms with Gasteiger partial charge in [0.05, 0.1) is 12.1 Å². The van der Waals surface area contributed by atoms with E-state index in [0.29, 0.717) is 5.92 Å². The lowest BCUT2D eigenvalue weighted by molar-refractivity contribution is 0.0753. The highest BCUT2D eigenvalue weighted by Crippen LogP contribution is 2.40. The molecule has 2 rings (SSSR count). The Morgan fingerprint density at radius 2 is 1.83 bits per heavy atom. The van der Waals surface area contributed by atoms with Crippen molar-refractivity contribution in [2.45, 2.75) is 63.5 Å². The summed E-state index contributed by atoms with van der Waals surface area (Å²) in [7, 11) is 2.25. The first-order chi connectivity index (χ1) is 8.72. The molecule has 2 aliphatic carbocycles. The summed E-state index contributed by atoms with van der Waals surface area (Å²) in [6.45, 7) is 4.39. The molecular weight excluding hydrogens is 224 g/mol. The number of hydrogen-bond acceptors (Lipinski definition) is 3. The molecular formula is C15H30N2O. The molecule has 106 valence electrons. The van der Waals surface area contributed by atoms with Crippen molar-refractivity contribution in [2.24, 2.45) is 5.92 Å². The second-order valence-electron chi connectivity index (χ2n) is 6.33. The van der Waals surface area contributed by atoms with Gasteiger partial charge >= 0.3 is 0 Å². The molecule has 1 atom stereocenters. The Hall–Kier alpha value is -0.120. The Bertz CT molecular complexity index is 249. The standard InChI is InChI=1S/C15H30N2O/c1-3-16-15(12-18,13-9-10-13)11-17(2)14-7-5-4-6-8-14/h13-14,16,18H,3-12H2,1-2H3. The summed E-state index contributed by atoms with van der Waals surface area (Å²) in [5.74, 6) is 0.688. The lowest BCUT2D eigenvalue weighted by atomic mass is 9.89. The van der Waals surface area contributed by atoms with E-state index in [4.69, 9.17) is 0 Å². The summed E-state index contributed by atoms with van der Waals surface area (Å²) >= 11 is 0. The maximum atomic E-state index is 9.88. The number of likely N-dealkylation sites (N-methyl/N-ethyl adjacent to an activating group) is 2. The molecule has 2 N–H and O–H groups in total. The molecule has 0 aromatic carbocycles. The summed E-state index contributed by atoms with van der Waals surface area (Å²) in [6, 6.07) is 0.738. The number of nitrogens with zero attached hydrogens (tertiary/aromatic N) is 1. The van der Waals surface area contributed by atoms with Gasteiger partial charge in [0, 0.05) is 12.6 Å². The fourth-order valence-electron chi connectivity index (χ4n) is 3.65. The lowest BCUT2D eigenvalue weighted by Crippen LogP contribution is -2.58. The van der Waals surface area contributed by atoms with Crippen LogP contribution >= 0.6 is 0 Å². The Kier molecular flexibility index (Phi) is 5.05. The molecule has 0 amide bonds. The van der Waals surface area contributed by atoms with Crippen LogP contribution < -0.4 is 5.32 Å². The molecule has 0 aromatic rings. The Balaban J connectivity index is 1.94. The van der Waals surface area contributed by atoms with Crippen LogP contribution in [-0.4, -0.2) is 48.3 Å². The van der Waals surface area contributed by atoms with Crippen LogP contribution in [0.3, 0.4) is 0 Å². The van der Waals surface area contributed by atoms with Gasteiger partial charge in [-0.25, -0.2) is 0 Å². The van der Waals surface area contributed by atoms with Gasteiger partial charge in [-0.2, -0.15) is 0 Å². The van der Waals surface area contributed by atoms with Crippen molar-refractivity contribution in [3.8, 4) is 0 Å². The maximum absolute atomic E-state index is 9.88. The molecule has 3 nitrogen and oxygen atoms in total. The second kappa shape index (κ2) is 6.36. The van der Waals surface area contributed by atoms with Crippen LogP contribution in [0.2, 0.25) is 0 Å². The fraction of sp³-hybridized carbons (Fsp3) is 1.00. The topological polar surface area (TPSA) is 35.5 Å². The molecule has 2 fully saturated rings. The number of aliphatic hydroxyl groups excluding tert-OH is 1. The van der Waals surface area contributed by atoms with E-state index in [1.54, 1.807) is 0 Å². The van der Waals surface area contributed by atoms with Gasteiger partial charge in [-0.1, -0.05) is 26.2 Å². The van der Waals surface area contributed by atoms with Crippen molar-refractivity contribution in [3.63, 3.8) is 0 Å². The predicted molar refractivity (Wildman–Crippen MR) is 75.7 cm³/mol. The van der Waals surface area contributed by atoms with Crippen LogP contribution in [0.5, 0.6) is 0 Å². The monoisotopic (exact) mass is 254 g/mol.